The highest BCUT2D eigenvalue weighted by Crippen LogP contribution is 2.37. The van der Waals surface area contributed by atoms with Gasteiger partial charge in [0.1, 0.15) is 5.82 Å². The first-order valence-corrected chi connectivity index (χ1v) is 6.42. The molecule has 0 aromatic carbocycles. The van der Waals surface area contributed by atoms with Gasteiger partial charge in [0.15, 0.2) is 0 Å². The number of aliphatic hydroxyl groups is 1. The largest absolute Gasteiger partial charge is 0.419 e. The van der Waals surface area contributed by atoms with E-state index in [0.29, 0.717) is 19.6 Å². The van der Waals surface area contributed by atoms with Gasteiger partial charge in [-0.1, -0.05) is 0 Å². The lowest BCUT2D eigenvalue weighted by Crippen LogP contribution is -2.22. The molecule has 0 spiro atoms. The Hall–Kier alpha value is -2.09. The average Bonchev–Trinajstić information content (AvgIpc) is 3.00. The normalized spacial score (nSPS) is 14.6. The molecule has 5 nitrogen and oxygen atoms in total. The second kappa shape index (κ2) is 5.03. The molecular weight excluding hydrogens is 285 g/mol. The molecule has 0 aliphatic carbocycles. The van der Waals surface area contributed by atoms with E-state index in [1.807, 2.05) is 0 Å². The zero-order valence-electron chi connectivity index (χ0n) is 11.0. The third kappa shape index (κ3) is 2.46. The Balaban J connectivity index is 1.91. The minimum Gasteiger partial charge on any atom is -0.394 e. The molecule has 0 saturated carbocycles. The van der Waals surface area contributed by atoms with Gasteiger partial charge in [0.25, 0.3) is 0 Å². The smallest absolute Gasteiger partial charge is 0.394 e. The van der Waals surface area contributed by atoms with Crippen molar-refractivity contribution in [2.45, 2.75) is 25.8 Å². The molecule has 0 bridgehead atoms. The monoisotopic (exact) mass is 298 g/mol. The number of nitrogens with zero attached hydrogens (tertiary/aromatic N) is 4. The highest BCUT2D eigenvalue weighted by atomic mass is 19.4. The molecule has 21 heavy (non-hydrogen) atoms. The molecule has 1 aliphatic heterocycles. The SMILES string of the molecule is OCCn1ncc2c1CN(c1ncccc1C(F)(F)F)C2. The summed E-state index contributed by atoms with van der Waals surface area (Å²) in [5, 5.41) is 13.1. The number of hydrogen-bond acceptors (Lipinski definition) is 4. The second-order valence-electron chi connectivity index (χ2n) is 4.79. The van der Waals surface area contributed by atoms with Crippen molar-refractivity contribution in [3.8, 4) is 0 Å². The predicted octanol–water partition coefficient (Wildman–Crippen LogP) is 1.81. The number of pyridine rings is 1. The summed E-state index contributed by atoms with van der Waals surface area (Å²) >= 11 is 0. The molecule has 1 aliphatic rings. The van der Waals surface area contributed by atoms with Crippen LogP contribution in [-0.4, -0.2) is 26.5 Å². The maximum absolute atomic E-state index is 13.0. The molecule has 2 aromatic rings. The molecule has 3 rings (SSSR count). The number of fused-ring (bicyclic) bond motifs is 1. The Labute approximate surface area is 118 Å². The summed E-state index contributed by atoms with van der Waals surface area (Å²) in [6.45, 7) is 0.902. The van der Waals surface area contributed by atoms with Gasteiger partial charge in [-0.3, -0.25) is 4.68 Å². The van der Waals surface area contributed by atoms with Crippen molar-refractivity contribution in [2.75, 3.05) is 11.5 Å². The van der Waals surface area contributed by atoms with Crippen molar-refractivity contribution in [3.63, 3.8) is 0 Å². The summed E-state index contributed by atoms with van der Waals surface area (Å²) in [4.78, 5) is 5.46. The van der Waals surface area contributed by atoms with Crippen LogP contribution in [-0.2, 0) is 25.8 Å². The van der Waals surface area contributed by atoms with Crippen LogP contribution in [0.4, 0.5) is 19.0 Å². The molecule has 2 aromatic heterocycles. The third-order valence-electron chi connectivity index (χ3n) is 3.44. The molecule has 112 valence electrons. The maximum Gasteiger partial charge on any atom is 0.419 e. The van der Waals surface area contributed by atoms with Gasteiger partial charge in [-0.2, -0.15) is 18.3 Å². The van der Waals surface area contributed by atoms with Crippen molar-refractivity contribution in [2.24, 2.45) is 0 Å². The predicted molar refractivity (Wildman–Crippen MR) is 68.4 cm³/mol. The lowest BCUT2D eigenvalue weighted by molar-refractivity contribution is -0.137. The van der Waals surface area contributed by atoms with Crippen LogP contribution in [0.25, 0.3) is 0 Å². The minimum atomic E-state index is -4.44. The van der Waals surface area contributed by atoms with Crippen LogP contribution in [0.15, 0.2) is 24.5 Å². The first-order chi connectivity index (χ1) is 10.0. The standard InChI is InChI=1S/C13H13F3N4O/c14-13(15,16)10-2-1-3-17-12(10)19-7-9-6-18-20(4-5-21)11(9)8-19/h1-3,6,21H,4-5,7-8H2. The quantitative estimate of drug-likeness (QED) is 0.939. The van der Waals surface area contributed by atoms with Crippen molar-refractivity contribution in [3.05, 3.63) is 41.3 Å². The highest BCUT2D eigenvalue weighted by molar-refractivity contribution is 5.51. The van der Waals surface area contributed by atoms with E-state index in [1.54, 1.807) is 15.8 Å². The number of halogens is 3. The van der Waals surface area contributed by atoms with Crippen molar-refractivity contribution in [1.29, 1.82) is 0 Å². The van der Waals surface area contributed by atoms with E-state index in [9.17, 15) is 13.2 Å². The minimum absolute atomic E-state index is 0.0640. The van der Waals surface area contributed by atoms with E-state index in [1.165, 1.54) is 12.3 Å². The first kappa shape index (κ1) is 13.9. The number of rotatable bonds is 3. The molecule has 0 amide bonds. The average molecular weight is 298 g/mol. The molecule has 0 fully saturated rings. The van der Waals surface area contributed by atoms with Gasteiger partial charge < -0.3 is 10.0 Å². The molecule has 0 atom stereocenters. The lowest BCUT2D eigenvalue weighted by atomic mass is 10.2. The molecule has 0 saturated heterocycles. The van der Waals surface area contributed by atoms with Gasteiger partial charge in [0.05, 0.1) is 37.2 Å². The van der Waals surface area contributed by atoms with Crippen molar-refractivity contribution >= 4 is 5.82 Å². The van der Waals surface area contributed by atoms with Gasteiger partial charge in [-0.25, -0.2) is 4.98 Å². The Morgan fingerprint density at radius 3 is 2.81 bits per heavy atom. The summed E-state index contributed by atoms with van der Waals surface area (Å²) in [5.74, 6) is -0.0725. The van der Waals surface area contributed by atoms with Gasteiger partial charge in [0.2, 0.25) is 0 Å². The van der Waals surface area contributed by atoms with E-state index < -0.39 is 11.7 Å². The number of hydrogen-bond donors (Lipinski definition) is 1. The van der Waals surface area contributed by atoms with E-state index >= 15 is 0 Å². The molecule has 1 N–H and O–H groups in total. The van der Waals surface area contributed by atoms with Gasteiger partial charge in [0, 0.05) is 18.3 Å². The fourth-order valence-electron chi connectivity index (χ4n) is 2.51. The summed E-state index contributed by atoms with van der Waals surface area (Å²) in [6.07, 6.45) is -1.45. The van der Waals surface area contributed by atoms with Crippen molar-refractivity contribution in [1.82, 2.24) is 14.8 Å². The Kier molecular flexibility index (Phi) is 3.32. The Morgan fingerprint density at radius 2 is 2.10 bits per heavy atom. The van der Waals surface area contributed by atoms with Crippen LogP contribution in [0.3, 0.4) is 0 Å². The molecule has 0 radical (unpaired) electrons. The van der Waals surface area contributed by atoms with Crippen LogP contribution < -0.4 is 4.90 Å². The van der Waals surface area contributed by atoms with Gasteiger partial charge >= 0.3 is 6.18 Å². The fourth-order valence-corrected chi connectivity index (χ4v) is 2.51. The Bertz CT molecular complexity index is 653. The summed E-state index contributed by atoms with van der Waals surface area (Å²) < 4.78 is 40.7. The van der Waals surface area contributed by atoms with Crippen LogP contribution in [0, 0.1) is 0 Å². The van der Waals surface area contributed by atoms with E-state index in [-0.39, 0.29) is 12.4 Å². The van der Waals surface area contributed by atoms with Crippen LogP contribution in [0.1, 0.15) is 16.8 Å². The van der Waals surface area contributed by atoms with E-state index in [2.05, 4.69) is 10.1 Å². The molecule has 0 unspecified atom stereocenters. The van der Waals surface area contributed by atoms with Crippen LogP contribution in [0.2, 0.25) is 0 Å². The summed E-state index contributed by atoms with van der Waals surface area (Å²) in [7, 11) is 0. The fraction of sp³-hybridized carbons (Fsp3) is 0.385. The topological polar surface area (TPSA) is 54.2 Å². The second-order valence-corrected chi connectivity index (χ2v) is 4.79. The van der Waals surface area contributed by atoms with Gasteiger partial charge in [-0.15, -0.1) is 0 Å². The zero-order valence-corrected chi connectivity index (χ0v) is 11.0. The first-order valence-electron chi connectivity index (χ1n) is 6.42. The van der Waals surface area contributed by atoms with Gasteiger partial charge in [-0.05, 0) is 12.1 Å². The van der Waals surface area contributed by atoms with E-state index in [4.69, 9.17) is 5.11 Å². The molecular formula is C13H13F3N4O. The number of alkyl halides is 3. The number of aliphatic hydroxyl groups excluding tert-OH is 1. The van der Waals surface area contributed by atoms with Crippen LogP contribution in [0.5, 0.6) is 0 Å². The van der Waals surface area contributed by atoms with Crippen LogP contribution >= 0.6 is 0 Å². The highest BCUT2D eigenvalue weighted by Gasteiger charge is 2.37. The maximum atomic E-state index is 13.0. The number of aromatic nitrogens is 3. The third-order valence-corrected chi connectivity index (χ3v) is 3.44. The summed E-state index contributed by atoms with van der Waals surface area (Å²) in [6, 6.07) is 2.31. The Morgan fingerprint density at radius 1 is 1.29 bits per heavy atom. The molecule has 8 heteroatoms. The van der Waals surface area contributed by atoms with Crippen molar-refractivity contribution < 1.29 is 18.3 Å². The summed E-state index contributed by atoms with van der Waals surface area (Å²) in [5.41, 5.74) is 0.946. The zero-order chi connectivity index (χ0) is 15.0. The lowest BCUT2D eigenvalue weighted by Gasteiger charge is -2.21. The number of anilines is 1. The van der Waals surface area contributed by atoms with E-state index in [0.717, 1.165) is 17.3 Å². The molecule has 3 heterocycles.